The number of allylic oxidation sites excluding steroid dienone is 1. The molecule has 2 nitrogen and oxygen atoms in total. The van der Waals surface area contributed by atoms with E-state index in [0.717, 1.165) is 69.9 Å². The number of hydrogen-bond donors (Lipinski definition) is 0. The van der Waals surface area contributed by atoms with Crippen molar-refractivity contribution in [1.82, 2.24) is 0 Å². The lowest BCUT2D eigenvalue weighted by molar-refractivity contribution is 0.0872. The summed E-state index contributed by atoms with van der Waals surface area (Å²) < 4.78 is 6.62. The van der Waals surface area contributed by atoms with Crippen LogP contribution in [-0.4, -0.2) is 12.8 Å². The first-order valence-electron chi connectivity index (χ1n) is 15.5. The van der Waals surface area contributed by atoms with Gasteiger partial charge in [0, 0.05) is 43.3 Å². The highest BCUT2D eigenvalue weighted by molar-refractivity contribution is 7.14. The van der Waals surface area contributed by atoms with E-state index >= 15 is 0 Å². The van der Waals surface area contributed by atoms with Crippen LogP contribution >= 0.6 is 22.7 Å². The molecular formula is C43H29NOS2. The SMILES string of the molecule is COC1(c2ccccc2)C2=N/C(=C(/c3ccccc3)c3ccc(s3)C(c3ccccc3)=C=C=C(c3ccccc3)c3ccc1s3)C=C2. The molecule has 0 amide bonds. The number of thiophene rings is 2. The number of nitrogens with zero attached hydrogens (tertiary/aromatic N) is 1. The summed E-state index contributed by atoms with van der Waals surface area (Å²) in [5.74, 6) is 0. The predicted molar refractivity (Wildman–Crippen MR) is 197 cm³/mol. The molecule has 4 heteroatoms. The van der Waals surface area contributed by atoms with Crippen LogP contribution < -0.4 is 0 Å². The molecule has 224 valence electrons. The third-order valence-electron chi connectivity index (χ3n) is 8.54. The number of benzene rings is 4. The van der Waals surface area contributed by atoms with Crippen molar-refractivity contribution in [3.05, 3.63) is 217 Å². The molecule has 0 saturated heterocycles. The number of methoxy groups -OCH3 is 1. The lowest BCUT2D eigenvalue weighted by Crippen LogP contribution is -2.37. The molecular weight excluding hydrogens is 611 g/mol. The van der Waals surface area contributed by atoms with Gasteiger partial charge in [0.25, 0.3) is 0 Å². The smallest absolute Gasteiger partial charge is 0.169 e. The first kappa shape index (κ1) is 29.1. The van der Waals surface area contributed by atoms with Gasteiger partial charge < -0.3 is 4.74 Å². The second-order valence-electron chi connectivity index (χ2n) is 11.3. The summed E-state index contributed by atoms with van der Waals surface area (Å²) in [6.07, 6.45) is 4.26. The molecule has 47 heavy (non-hydrogen) atoms. The second kappa shape index (κ2) is 12.5. The Balaban J connectivity index is 1.51. The number of hydrogen-bond acceptors (Lipinski definition) is 4. The zero-order chi connectivity index (χ0) is 31.6. The Morgan fingerprint density at radius 3 is 1.64 bits per heavy atom. The Kier molecular flexibility index (Phi) is 7.73. The van der Waals surface area contributed by atoms with E-state index in [1.54, 1.807) is 29.8 Å². The summed E-state index contributed by atoms with van der Waals surface area (Å²) in [6.45, 7) is 0. The standard InChI is InChI=1S/C43H29NOS2/c1-45-43(33-20-12-5-13-21-33)40-28-24-36(44-40)42(32-18-10-4-11-19-32)39-26-25-37(46-39)34(30-14-6-2-7-15-30)22-23-35(31-16-8-3-9-17-31)38-27-29-41(43)47-38/h2-21,24-29H,1H3/b35-34?,42-36-. The van der Waals surface area contributed by atoms with E-state index < -0.39 is 5.60 Å². The zero-order valence-corrected chi connectivity index (χ0v) is 27.3. The van der Waals surface area contributed by atoms with Crippen LogP contribution in [0.1, 0.15) is 41.8 Å². The average molecular weight is 640 g/mol. The fourth-order valence-corrected chi connectivity index (χ4v) is 8.62. The van der Waals surface area contributed by atoms with E-state index in [1.165, 1.54) is 0 Å². The highest BCUT2D eigenvalue weighted by Gasteiger charge is 2.42. The maximum atomic E-state index is 6.62. The molecule has 6 aromatic rings. The minimum atomic E-state index is -0.915. The fraction of sp³-hybridized carbons (Fsp3) is 0.0465. The van der Waals surface area contributed by atoms with Crippen LogP contribution in [0.3, 0.4) is 0 Å². The summed E-state index contributed by atoms with van der Waals surface area (Å²) in [5.41, 5.74) is 15.5. The number of rotatable bonds is 5. The number of fused-ring (bicyclic) bond motifs is 5. The Hall–Kier alpha value is -5.31. The van der Waals surface area contributed by atoms with Gasteiger partial charge in [0.2, 0.25) is 0 Å². The maximum Gasteiger partial charge on any atom is 0.169 e. The van der Waals surface area contributed by atoms with Crippen LogP contribution in [0.4, 0.5) is 0 Å². The Morgan fingerprint density at radius 2 is 1.04 bits per heavy atom. The van der Waals surface area contributed by atoms with Gasteiger partial charge in [-0.05, 0) is 58.7 Å². The summed E-state index contributed by atoms with van der Waals surface area (Å²) in [4.78, 5) is 9.77. The highest BCUT2D eigenvalue weighted by atomic mass is 32.1. The molecule has 8 rings (SSSR count). The Bertz CT molecular complexity index is 2280. The van der Waals surface area contributed by atoms with Crippen LogP contribution in [0.5, 0.6) is 0 Å². The molecule has 0 N–H and O–H groups in total. The molecule has 6 bridgehead atoms. The third-order valence-corrected chi connectivity index (χ3v) is 10.9. The first-order chi connectivity index (χ1) is 23.2. The molecule has 2 aliphatic rings. The van der Waals surface area contributed by atoms with Gasteiger partial charge in [-0.1, -0.05) is 133 Å². The van der Waals surface area contributed by atoms with Crippen molar-refractivity contribution in [2.75, 3.05) is 7.11 Å². The fourth-order valence-electron chi connectivity index (χ4n) is 6.29. The van der Waals surface area contributed by atoms with Crippen molar-refractivity contribution in [3.63, 3.8) is 0 Å². The van der Waals surface area contributed by atoms with Crippen LogP contribution in [-0.2, 0) is 10.3 Å². The normalized spacial score (nSPS) is 18.6. The molecule has 4 heterocycles. The maximum absolute atomic E-state index is 6.62. The van der Waals surface area contributed by atoms with Gasteiger partial charge in [-0.3, -0.25) is 0 Å². The quantitative estimate of drug-likeness (QED) is 0.172. The number of aliphatic imine (C=N–C) groups is 1. The summed E-state index contributed by atoms with van der Waals surface area (Å²) in [5, 5.41) is 0. The van der Waals surface area contributed by atoms with Crippen molar-refractivity contribution >= 4 is 45.1 Å². The van der Waals surface area contributed by atoms with E-state index in [-0.39, 0.29) is 0 Å². The van der Waals surface area contributed by atoms with Crippen molar-refractivity contribution in [3.8, 4) is 0 Å². The molecule has 1 atom stereocenters. The topological polar surface area (TPSA) is 21.6 Å². The molecule has 4 aromatic carbocycles. The van der Waals surface area contributed by atoms with Gasteiger partial charge in [0.15, 0.2) is 5.60 Å². The first-order valence-corrected chi connectivity index (χ1v) is 17.1. The van der Waals surface area contributed by atoms with E-state index in [1.807, 2.05) is 18.2 Å². The van der Waals surface area contributed by atoms with Gasteiger partial charge >= 0.3 is 0 Å². The van der Waals surface area contributed by atoms with Gasteiger partial charge in [0.05, 0.1) is 11.4 Å². The number of ether oxygens (including phenoxy) is 1. The van der Waals surface area contributed by atoms with Crippen molar-refractivity contribution < 1.29 is 4.74 Å². The van der Waals surface area contributed by atoms with Crippen molar-refractivity contribution in [2.24, 2.45) is 4.99 Å². The van der Waals surface area contributed by atoms with Gasteiger partial charge in [-0.25, -0.2) is 4.99 Å². The van der Waals surface area contributed by atoms with Gasteiger partial charge in [-0.2, -0.15) is 0 Å². The third kappa shape index (κ3) is 5.25. The van der Waals surface area contributed by atoms with E-state index in [9.17, 15) is 0 Å². The molecule has 2 aliphatic heterocycles. The van der Waals surface area contributed by atoms with Crippen LogP contribution in [0.2, 0.25) is 0 Å². The Labute approximate surface area is 283 Å². The Morgan fingerprint density at radius 1 is 0.532 bits per heavy atom. The van der Waals surface area contributed by atoms with E-state index in [2.05, 4.69) is 151 Å². The van der Waals surface area contributed by atoms with Crippen LogP contribution in [0.25, 0.3) is 16.7 Å². The van der Waals surface area contributed by atoms with Crippen LogP contribution in [0, 0.1) is 0 Å². The molecule has 0 saturated carbocycles. The monoisotopic (exact) mass is 639 g/mol. The molecule has 0 spiro atoms. The van der Waals surface area contributed by atoms with Gasteiger partial charge in [0.1, 0.15) is 0 Å². The molecule has 0 radical (unpaired) electrons. The van der Waals surface area contributed by atoms with Crippen LogP contribution in [0.15, 0.2) is 180 Å². The summed E-state index contributed by atoms with van der Waals surface area (Å²) >= 11 is 3.46. The molecule has 0 fully saturated rings. The molecule has 2 aromatic heterocycles. The lowest BCUT2D eigenvalue weighted by Gasteiger charge is -2.31. The minimum Gasteiger partial charge on any atom is -0.362 e. The molecule has 0 aliphatic carbocycles. The van der Waals surface area contributed by atoms with E-state index in [4.69, 9.17) is 9.73 Å². The summed E-state index contributed by atoms with van der Waals surface area (Å²) in [7, 11) is 1.78. The average Bonchev–Trinajstić information content (AvgIpc) is 3.93. The van der Waals surface area contributed by atoms with Gasteiger partial charge in [-0.15, -0.1) is 22.7 Å². The largest absolute Gasteiger partial charge is 0.362 e. The van der Waals surface area contributed by atoms with Crippen molar-refractivity contribution in [2.45, 2.75) is 5.60 Å². The lowest BCUT2D eigenvalue weighted by atomic mass is 9.87. The summed E-state index contributed by atoms with van der Waals surface area (Å²) in [6, 6.07) is 50.7. The van der Waals surface area contributed by atoms with E-state index in [0.29, 0.717) is 0 Å². The second-order valence-corrected chi connectivity index (χ2v) is 13.4. The highest BCUT2D eigenvalue weighted by Crippen LogP contribution is 2.45. The predicted octanol–water partition coefficient (Wildman–Crippen LogP) is 10.8. The zero-order valence-electron chi connectivity index (χ0n) is 25.7. The minimum absolute atomic E-state index is 0.846. The molecule has 1 unspecified atom stereocenters. The van der Waals surface area contributed by atoms with Crippen molar-refractivity contribution in [1.29, 1.82) is 0 Å².